The predicted octanol–water partition coefficient (Wildman–Crippen LogP) is 0.982. The Kier molecular flexibility index (Phi) is 2.28. The van der Waals surface area contributed by atoms with Crippen LogP contribution in [0.4, 0.5) is 0 Å². The summed E-state index contributed by atoms with van der Waals surface area (Å²) in [6.07, 6.45) is 2.19. The minimum absolute atomic E-state index is 0.168. The van der Waals surface area contributed by atoms with E-state index >= 15 is 0 Å². The van der Waals surface area contributed by atoms with Crippen LogP contribution >= 0.6 is 11.8 Å². The average Bonchev–Trinajstić information content (AvgIpc) is 2.66. The summed E-state index contributed by atoms with van der Waals surface area (Å²) in [5.41, 5.74) is 0. The lowest BCUT2D eigenvalue weighted by Gasteiger charge is -2.27. The molecular weight excluding hydrogens is 176 g/mol. The van der Waals surface area contributed by atoms with Crippen molar-refractivity contribution in [3.63, 3.8) is 0 Å². The van der Waals surface area contributed by atoms with E-state index in [9.17, 15) is 4.79 Å². The molecule has 4 heteroatoms. The Morgan fingerprint density at radius 1 is 1.50 bits per heavy atom. The second kappa shape index (κ2) is 3.26. The number of ether oxygens (including phenoxy) is 1. The Labute approximate surface area is 75.5 Å². The van der Waals surface area contributed by atoms with Gasteiger partial charge in [-0.1, -0.05) is 0 Å². The van der Waals surface area contributed by atoms with Crippen LogP contribution in [-0.2, 0) is 9.53 Å². The zero-order chi connectivity index (χ0) is 8.55. The second-order valence-electron chi connectivity index (χ2n) is 3.39. The van der Waals surface area contributed by atoms with Gasteiger partial charge in [-0.25, -0.2) is 0 Å². The third-order valence-corrected chi connectivity index (χ3v) is 3.78. The summed E-state index contributed by atoms with van der Waals surface area (Å²) >= 11 is 1.59. The molecule has 1 saturated heterocycles. The molecule has 2 aliphatic rings. The number of thioether (sulfide) groups is 1. The second-order valence-corrected chi connectivity index (χ2v) is 4.84. The Bertz CT molecular complexity index is 187. The highest BCUT2D eigenvalue weighted by atomic mass is 32.2. The van der Waals surface area contributed by atoms with Gasteiger partial charge in [0.1, 0.15) is 5.25 Å². The Morgan fingerprint density at radius 3 is 2.50 bits per heavy atom. The van der Waals surface area contributed by atoms with Crippen LogP contribution in [0.5, 0.6) is 0 Å². The molecule has 1 heterocycles. The van der Waals surface area contributed by atoms with E-state index in [4.69, 9.17) is 9.84 Å². The van der Waals surface area contributed by atoms with Gasteiger partial charge in [-0.2, -0.15) is 0 Å². The molecule has 1 atom stereocenters. The number of aliphatic carboxylic acids is 1. The summed E-state index contributed by atoms with van der Waals surface area (Å²) < 4.78 is 5.00. The maximum Gasteiger partial charge on any atom is 0.316 e. The maximum absolute atomic E-state index is 10.8. The molecule has 68 valence electrons. The van der Waals surface area contributed by atoms with Gasteiger partial charge in [0.05, 0.1) is 18.5 Å². The third-order valence-electron chi connectivity index (χ3n) is 2.24. The van der Waals surface area contributed by atoms with Gasteiger partial charge in [0.2, 0.25) is 0 Å². The molecule has 12 heavy (non-hydrogen) atoms. The van der Waals surface area contributed by atoms with Gasteiger partial charge in [0.25, 0.3) is 0 Å². The van der Waals surface area contributed by atoms with E-state index in [1.165, 1.54) is 0 Å². The number of carboxylic acids is 1. The smallest absolute Gasteiger partial charge is 0.316 e. The van der Waals surface area contributed by atoms with E-state index in [2.05, 4.69) is 0 Å². The number of carbonyl (C=O) groups is 1. The molecule has 1 unspecified atom stereocenters. The summed E-state index contributed by atoms with van der Waals surface area (Å²) in [4.78, 5) is 10.8. The Balaban J connectivity index is 1.83. The van der Waals surface area contributed by atoms with Crippen LogP contribution < -0.4 is 0 Å². The van der Waals surface area contributed by atoms with Crippen molar-refractivity contribution in [1.29, 1.82) is 0 Å². The minimum atomic E-state index is -0.644. The topological polar surface area (TPSA) is 46.5 Å². The zero-order valence-corrected chi connectivity index (χ0v) is 7.55. The fourth-order valence-electron chi connectivity index (χ4n) is 1.27. The van der Waals surface area contributed by atoms with Crippen molar-refractivity contribution < 1.29 is 14.6 Å². The highest BCUT2D eigenvalue weighted by Crippen LogP contribution is 2.41. The maximum atomic E-state index is 10.8. The molecule has 0 aromatic rings. The van der Waals surface area contributed by atoms with E-state index in [-0.39, 0.29) is 5.25 Å². The number of carboxylic acid groups (broad SMARTS) is 1. The van der Waals surface area contributed by atoms with E-state index in [0.29, 0.717) is 11.2 Å². The van der Waals surface area contributed by atoms with Gasteiger partial charge < -0.3 is 9.84 Å². The summed E-state index contributed by atoms with van der Waals surface area (Å²) in [6.45, 7) is 1.47. The number of rotatable bonds is 4. The van der Waals surface area contributed by atoms with Crippen molar-refractivity contribution >= 4 is 17.7 Å². The Morgan fingerprint density at radius 2 is 2.17 bits per heavy atom. The van der Waals surface area contributed by atoms with E-state index in [1.54, 1.807) is 11.8 Å². The quantitative estimate of drug-likeness (QED) is 0.714. The van der Waals surface area contributed by atoms with Crippen LogP contribution in [0.25, 0.3) is 0 Å². The lowest BCUT2D eigenvalue weighted by Crippen LogP contribution is -2.34. The first-order chi connectivity index (χ1) is 5.77. The third kappa shape index (κ3) is 1.75. The average molecular weight is 188 g/mol. The highest BCUT2D eigenvalue weighted by molar-refractivity contribution is 8.01. The molecule has 0 radical (unpaired) electrons. The predicted molar refractivity (Wildman–Crippen MR) is 46.3 cm³/mol. The van der Waals surface area contributed by atoms with Crippen LogP contribution in [-0.4, -0.2) is 34.8 Å². The molecule has 1 aliphatic carbocycles. The van der Waals surface area contributed by atoms with E-state index in [0.717, 1.165) is 26.1 Å². The molecule has 3 nitrogen and oxygen atoms in total. The van der Waals surface area contributed by atoms with Crippen molar-refractivity contribution in [3.05, 3.63) is 0 Å². The van der Waals surface area contributed by atoms with Gasteiger partial charge in [0.15, 0.2) is 0 Å². The normalized spacial score (nSPS) is 26.3. The lowest BCUT2D eigenvalue weighted by molar-refractivity contribution is -0.136. The standard InChI is InChI=1S/C8H12O3S/c9-8(10)7(5-1-2-5)12-6-3-11-4-6/h5-7H,1-4H2,(H,9,10). The van der Waals surface area contributed by atoms with Crippen LogP contribution in [0.3, 0.4) is 0 Å². The van der Waals surface area contributed by atoms with Crippen molar-refractivity contribution in [2.24, 2.45) is 5.92 Å². The van der Waals surface area contributed by atoms with Gasteiger partial charge in [-0.05, 0) is 18.8 Å². The molecular formula is C8H12O3S. The monoisotopic (exact) mass is 188 g/mol. The minimum Gasteiger partial charge on any atom is -0.480 e. The molecule has 0 aromatic heterocycles. The van der Waals surface area contributed by atoms with Crippen LogP contribution in [0, 0.1) is 5.92 Å². The highest BCUT2D eigenvalue weighted by Gasteiger charge is 2.39. The molecule has 1 saturated carbocycles. The molecule has 1 aliphatic heterocycles. The first-order valence-electron chi connectivity index (χ1n) is 4.23. The molecule has 2 fully saturated rings. The molecule has 0 bridgehead atoms. The Hall–Kier alpha value is -0.220. The molecule has 2 rings (SSSR count). The van der Waals surface area contributed by atoms with Crippen molar-refractivity contribution in [3.8, 4) is 0 Å². The number of hydrogen-bond donors (Lipinski definition) is 1. The SMILES string of the molecule is O=C(O)C(SC1COC1)C1CC1. The van der Waals surface area contributed by atoms with Crippen molar-refractivity contribution in [2.75, 3.05) is 13.2 Å². The number of hydrogen-bond acceptors (Lipinski definition) is 3. The fourth-order valence-corrected chi connectivity index (χ4v) is 2.64. The largest absolute Gasteiger partial charge is 0.480 e. The fraction of sp³-hybridized carbons (Fsp3) is 0.875. The van der Waals surface area contributed by atoms with E-state index in [1.807, 2.05) is 0 Å². The summed E-state index contributed by atoms with van der Waals surface area (Å²) in [6, 6.07) is 0. The van der Waals surface area contributed by atoms with Crippen LogP contribution in [0.2, 0.25) is 0 Å². The first kappa shape index (κ1) is 8.38. The molecule has 0 amide bonds. The first-order valence-corrected chi connectivity index (χ1v) is 5.17. The van der Waals surface area contributed by atoms with Crippen molar-refractivity contribution in [2.45, 2.75) is 23.3 Å². The van der Waals surface area contributed by atoms with Gasteiger partial charge in [0, 0.05) is 0 Å². The molecule has 1 N–H and O–H groups in total. The molecule has 0 aromatic carbocycles. The van der Waals surface area contributed by atoms with Gasteiger partial charge >= 0.3 is 5.97 Å². The van der Waals surface area contributed by atoms with Gasteiger partial charge in [-0.3, -0.25) is 4.79 Å². The van der Waals surface area contributed by atoms with E-state index < -0.39 is 5.97 Å². The summed E-state index contributed by atoms with van der Waals surface area (Å²) in [7, 11) is 0. The molecule has 0 spiro atoms. The van der Waals surface area contributed by atoms with Crippen LogP contribution in [0.15, 0.2) is 0 Å². The van der Waals surface area contributed by atoms with Crippen molar-refractivity contribution in [1.82, 2.24) is 0 Å². The summed E-state index contributed by atoms with van der Waals surface area (Å²) in [5, 5.41) is 9.16. The lowest BCUT2D eigenvalue weighted by atomic mass is 10.3. The van der Waals surface area contributed by atoms with Crippen LogP contribution in [0.1, 0.15) is 12.8 Å². The summed E-state index contributed by atoms with van der Waals surface area (Å²) in [5.74, 6) is -0.206. The zero-order valence-electron chi connectivity index (χ0n) is 6.73. The van der Waals surface area contributed by atoms with Gasteiger partial charge in [-0.15, -0.1) is 11.8 Å².